The fourth-order valence-corrected chi connectivity index (χ4v) is 2.59. The molecule has 1 aliphatic rings. The minimum atomic E-state index is -5.08. The van der Waals surface area contributed by atoms with Crippen LogP contribution in [0.3, 0.4) is 0 Å². The molecule has 26 heavy (non-hydrogen) atoms. The summed E-state index contributed by atoms with van der Waals surface area (Å²) in [6.07, 6.45) is -2.93. The highest BCUT2D eigenvalue weighted by Crippen LogP contribution is 2.26. The second kappa shape index (κ2) is 8.45. The number of carboxylic acid groups (broad SMARTS) is 1. The van der Waals surface area contributed by atoms with E-state index in [0.29, 0.717) is 5.92 Å². The number of piperidine rings is 1. The number of nitrogens with zero attached hydrogens (tertiary/aromatic N) is 4. The molecule has 2 aromatic rings. The van der Waals surface area contributed by atoms with Gasteiger partial charge >= 0.3 is 12.1 Å². The van der Waals surface area contributed by atoms with Crippen LogP contribution in [0.25, 0.3) is 5.69 Å². The van der Waals surface area contributed by atoms with Crippen LogP contribution in [-0.2, 0) is 4.79 Å². The highest BCUT2D eigenvalue weighted by Gasteiger charge is 2.38. The standard InChI is InChI=1S/C13H16ClN5.C2HF3O2/c1-9-8-11(2-3-12(9)14)19-13(16-17-18-19)10-4-6-15-7-5-10;3-2(4,5)1(6)7/h2-3,8,10,15H,4-7H2,1H3;(H,6,7). The number of hydrogen-bond donors (Lipinski definition) is 2. The number of aliphatic carboxylic acids is 1. The van der Waals surface area contributed by atoms with Crippen LogP contribution in [0.15, 0.2) is 18.2 Å². The molecule has 0 atom stereocenters. The summed E-state index contributed by atoms with van der Waals surface area (Å²) >= 11 is 6.06. The molecular formula is C15H17ClF3N5O2. The molecule has 1 aromatic heterocycles. The summed E-state index contributed by atoms with van der Waals surface area (Å²) in [5.41, 5.74) is 2.01. The van der Waals surface area contributed by atoms with Gasteiger partial charge in [-0.15, -0.1) is 5.10 Å². The summed E-state index contributed by atoms with van der Waals surface area (Å²) < 4.78 is 33.6. The Morgan fingerprint density at radius 2 is 1.96 bits per heavy atom. The number of carbonyl (C=O) groups is 1. The Morgan fingerprint density at radius 1 is 1.35 bits per heavy atom. The third-order valence-corrected chi connectivity index (χ3v) is 4.25. The molecule has 7 nitrogen and oxygen atoms in total. The summed E-state index contributed by atoms with van der Waals surface area (Å²) in [5.74, 6) is -1.39. The first-order valence-corrected chi connectivity index (χ1v) is 8.13. The lowest BCUT2D eigenvalue weighted by molar-refractivity contribution is -0.192. The molecule has 0 saturated carbocycles. The molecule has 2 heterocycles. The number of halogens is 4. The van der Waals surface area contributed by atoms with Gasteiger partial charge in [-0.3, -0.25) is 0 Å². The van der Waals surface area contributed by atoms with Crippen molar-refractivity contribution in [2.24, 2.45) is 0 Å². The lowest BCUT2D eigenvalue weighted by Gasteiger charge is -2.21. The molecule has 0 spiro atoms. The van der Waals surface area contributed by atoms with E-state index in [2.05, 4.69) is 20.8 Å². The monoisotopic (exact) mass is 391 g/mol. The maximum Gasteiger partial charge on any atom is 0.490 e. The smallest absolute Gasteiger partial charge is 0.475 e. The van der Waals surface area contributed by atoms with Crippen LogP contribution in [0.5, 0.6) is 0 Å². The quantitative estimate of drug-likeness (QED) is 0.817. The first kappa shape index (κ1) is 20.1. The molecular weight excluding hydrogens is 375 g/mol. The number of carboxylic acids is 1. The van der Waals surface area contributed by atoms with Gasteiger partial charge in [-0.1, -0.05) is 11.6 Å². The van der Waals surface area contributed by atoms with Crippen LogP contribution in [0, 0.1) is 6.92 Å². The van der Waals surface area contributed by atoms with Gasteiger partial charge in [-0.2, -0.15) is 17.9 Å². The van der Waals surface area contributed by atoms with E-state index in [1.54, 1.807) is 0 Å². The third kappa shape index (κ3) is 5.15. The van der Waals surface area contributed by atoms with E-state index in [1.807, 2.05) is 29.8 Å². The minimum Gasteiger partial charge on any atom is -0.475 e. The first-order valence-electron chi connectivity index (χ1n) is 7.75. The van der Waals surface area contributed by atoms with E-state index in [-0.39, 0.29) is 0 Å². The van der Waals surface area contributed by atoms with Gasteiger partial charge in [-0.05, 0) is 67.0 Å². The maximum absolute atomic E-state index is 10.6. The molecule has 142 valence electrons. The summed E-state index contributed by atoms with van der Waals surface area (Å²) in [5, 5.41) is 23.4. The van der Waals surface area contributed by atoms with Gasteiger partial charge in [0.15, 0.2) is 5.82 Å². The lowest BCUT2D eigenvalue weighted by Crippen LogP contribution is -2.28. The van der Waals surface area contributed by atoms with E-state index in [4.69, 9.17) is 21.5 Å². The van der Waals surface area contributed by atoms with Crippen molar-refractivity contribution in [3.05, 3.63) is 34.6 Å². The molecule has 1 saturated heterocycles. The van der Waals surface area contributed by atoms with Crippen LogP contribution in [0.1, 0.15) is 30.1 Å². The molecule has 0 amide bonds. The molecule has 2 N–H and O–H groups in total. The molecule has 3 rings (SSSR count). The van der Waals surface area contributed by atoms with Crippen LogP contribution in [0.2, 0.25) is 5.02 Å². The molecule has 1 fully saturated rings. The van der Waals surface area contributed by atoms with Crippen molar-refractivity contribution in [3.8, 4) is 5.69 Å². The third-order valence-electron chi connectivity index (χ3n) is 3.83. The summed E-state index contributed by atoms with van der Waals surface area (Å²) in [6, 6.07) is 5.86. The van der Waals surface area contributed by atoms with Crippen molar-refractivity contribution < 1.29 is 23.1 Å². The number of aromatic nitrogens is 4. The van der Waals surface area contributed by atoms with Crippen molar-refractivity contribution in [2.75, 3.05) is 13.1 Å². The van der Waals surface area contributed by atoms with Crippen LogP contribution >= 0.6 is 11.6 Å². The van der Waals surface area contributed by atoms with E-state index in [1.165, 1.54) is 0 Å². The Balaban J connectivity index is 0.000000298. The topological polar surface area (TPSA) is 92.9 Å². The summed E-state index contributed by atoms with van der Waals surface area (Å²) in [6.45, 7) is 4.04. The molecule has 0 bridgehead atoms. The van der Waals surface area contributed by atoms with E-state index >= 15 is 0 Å². The highest BCUT2D eigenvalue weighted by molar-refractivity contribution is 6.31. The average molecular weight is 392 g/mol. The normalized spacial score (nSPS) is 15.3. The van der Waals surface area contributed by atoms with Crippen molar-refractivity contribution in [1.29, 1.82) is 0 Å². The number of hydrogen-bond acceptors (Lipinski definition) is 5. The number of aryl methyl sites for hydroxylation is 1. The second-order valence-electron chi connectivity index (χ2n) is 5.71. The van der Waals surface area contributed by atoms with Crippen molar-refractivity contribution >= 4 is 17.6 Å². The molecule has 1 aromatic carbocycles. The van der Waals surface area contributed by atoms with Gasteiger partial charge in [0, 0.05) is 10.9 Å². The Bertz CT molecular complexity index is 760. The Labute approximate surface area is 152 Å². The predicted molar refractivity (Wildman–Crippen MR) is 87.4 cm³/mol. The van der Waals surface area contributed by atoms with Gasteiger partial charge < -0.3 is 10.4 Å². The first-order chi connectivity index (χ1) is 12.2. The summed E-state index contributed by atoms with van der Waals surface area (Å²) in [7, 11) is 0. The zero-order valence-corrected chi connectivity index (χ0v) is 14.5. The SMILES string of the molecule is Cc1cc(-n2nnnc2C2CCNCC2)ccc1Cl.O=C(O)C(F)(F)F. The van der Waals surface area contributed by atoms with Gasteiger partial charge in [0.05, 0.1) is 5.69 Å². The molecule has 1 aliphatic heterocycles. The molecule has 0 radical (unpaired) electrons. The predicted octanol–water partition coefficient (Wildman–Crippen LogP) is 2.72. The minimum absolute atomic E-state index is 0.423. The largest absolute Gasteiger partial charge is 0.490 e. The van der Waals surface area contributed by atoms with Gasteiger partial charge in [0.2, 0.25) is 0 Å². The molecule has 0 unspecified atom stereocenters. The van der Waals surface area contributed by atoms with E-state index < -0.39 is 12.1 Å². The number of tetrazole rings is 1. The van der Waals surface area contributed by atoms with Crippen LogP contribution < -0.4 is 5.32 Å². The van der Waals surface area contributed by atoms with Crippen molar-refractivity contribution in [2.45, 2.75) is 31.9 Å². The lowest BCUT2D eigenvalue weighted by atomic mass is 9.97. The maximum atomic E-state index is 10.6. The second-order valence-corrected chi connectivity index (χ2v) is 6.12. The Morgan fingerprint density at radius 3 is 2.50 bits per heavy atom. The van der Waals surface area contributed by atoms with E-state index in [9.17, 15) is 13.2 Å². The van der Waals surface area contributed by atoms with Crippen molar-refractivity contribution in [3.63, 3.8) is 0 Å². The molecule has 0 aliphatic carbocycles. The number of benzene rings is 1. The fourth-order valence-electron chi connectivity index (χ4n) is 2.47. The highest BCUT2D eigenvalue weighted by atomic mass is 35.5. The zero-order chi connectivity index (χ0) is 19.3. The number of rotatable bonds is 2. The Hall–Kier alpha value is -2.20. The molecule has 11 heteroatoms. The fraction of sp³-hybridized carbons (Fsp3) is 0.467. The Kier molecular flexibility index (Phi) is 6.54. The van der Waals surface area contributed by atoms with Crippen molar-refractivity contribution in [1.82, 2.24) is 25.5 Å². The van der Waals surface area contributed by atoms with Gasteiger partial charge in [-0.25, -0.2) is 4.79 Å². The van der Waals surface area contributed by atoms with Gasteiger partial charge in [0.25, 0.3) is 0 Å². The van der Waals surface area contributed by atoms with E-state index in [0.717, 1.165) is 48.0 Å². The van der Waals surface area contributed by atoms with Crippen LogP contribution in [0.4, 0.5) is 13.2 Å². The average Bonchev–Trinajstić information content (AvgIpc) is 3.07. The summed E-state index contributed by atoms with van der Waals surface area (Å²) in [4.78, 5) is 8.90. The number of alkyl halides is 3. The zero-order valence-electron chi connectivity index (χ0n) is 13.8. The number of nitrogens with one attached hydrogen (secondary N) is 1. The van der Waals surface area contributed by atoms with Gasteiger partial charge in [0.1, 0.15) is 0 Å². The van der Waals surface area contributed by atoms with Crippen LogP contribution in [-0.4, -0.2) is 50.5 Å².